The van der Waals surface area contributed by atoms with E-state index in [1.165, 1.54) is 6.08 Å². The number of halogens is 3. The highest BCUT2D eigenvalue weighted by Gasteiger charge is 2.38. The number of nitriles is 1. The standard InChI is InChI=1S/C15H14BF3N2O3/c17-11-5-10-8(7-20)4-14(16(22)23)21(9-2-1-3-9)12(10)6-13(11)24-15(18)19/h4-6,8-9,15,22-23H,1-3H2. The Morgan fingerprint density at radius 2 is 2.04 bits per heavy atom. The van der Waals surface area contributed by atoms with Crippen LogP contribution < -0.4 is 9.64 Å². The number of anilines is 1. The van der Waals surface area contributed by atoms with Crippen molar-refractivity contribution >= 4 is 12.8 Å². The summed E-state index contributed by atoms with van der Waals surface area (Å²) in [5.74, 6) is -2.55. The normalized spacial score (nSPS) is 20.1. The van der Waals surface area contributed by atoms with E-state index >= 15 is 0 Å². The van der Waals surface area contributed by atoms with E-state index in [-0.39, 0.29) is 22.9 Å². The molecule has 24 heavy (non-hydrogen) atoms. The molecule has 2 aliphatic rings. The maximum atomic E-state index is 14.0. The van der Waals surface area contributed by atoms with Crippen molar-refractivity contribution in [1.29, 1.82) is 5.26 Å². The predicted octanol–water partition coefficient (Wildman–Crippen LogP) is 2.30. The summed E-state index contributed by atoms with van der Waals surface area (Å²) in [4.78, 5) is 1.58. The van der Waals surface area contributed by atoms with Crippen LogP contribution in [0.3, 0.4) is 0 Å². The molecule has 1 unspecified atom stereocenters. The Balaban J connectivity index is 2.13. The first-order valence-corrected chi connectivity index (χ1v) is 7.47. The van der Waals surface area contributed by atoms with Gasteiger partial charge in [-0.1, -0.05) is 0 Å². The maximum Gasteiger partial charge on any atom is 0.505 e. The number of benzene rings is 1. The molecule has 1 heterocycles. The van der Waals surface area contributed by atoms with Gasteiger partial charge >= 0.3 is 13.7 Å². The Morgan fingerprint density at radius 3 is 2.54 bits per heavy atom. The van der Waals surface area contributed by atoms with Gasteiger partial charge in [0.05, 0.1) is 12.0 Å². The summed E-state index contributed by atoms with van der Waals surface area (Å²) in [6, 6.07) is 3.96. The first kappa shape index (κ1) is 16.7. The molecule has 1 aliphatic carbocycles. The van der Waals surface area contributed by atoms with E-state index in [1.54, 1.807) is 4.90 Å². The average Bonchev–Trinajstić information content (AvgIpc) is 2.46. The highest BCUT2D eigenvalue weighted by atomic mass is 19.3. The summed E-state index contributed by atoms with van der Waals surface area (Å²) in [5, 5.41) is 28.6. The highest BCUT2D eigenvalue weighted by molar-refractivity contribution is 6.51. The van der Waals surface area contributed by atoms with Crippen LogP contribution in [0.5, 0.6) is 5.75 Å². The zero-order chi connectivity index (χ0) is 17.4. The van der Waals surface area contributed by atoms with Gasteiger partial charge in [-0.2, -0.15) is 14.0 Å². The van der Waals surface area contributed by atoms with Gasteiger partial charge in [-0.15, -0.1) is 0 Å². The number of nitrogens with zero attached hydrogens (tertiary/aromatic N) is 2. The van der Waals surface area contributed by atoms with Crippen LogP contribution in [0.4, 0.5) is 18.9 Å². The van der Waals surface area contributed by atoms with Crippen LogP contribution in [0.25, 0.3) is 0 Å². The van der Waals surface area contributed by atoms with Crippen LogP contribution in [0.2, 0.25) is 0 Å². The van der Waals surface area contributed by atoms with Crippen molar-refractivity contribution in [3.63, 3.8) is 0 Å². The summed E-state index contributed by atoms with van der Waals surface area (Å²) in [6.07, 6.45) is 3.83. The fraction of sp³-hybridized carbons (Fsp3) is 0.400. The van der Waals surface area contributed by atoms with Gasteiger partial charge in [-0.05, 0) is 37.0 Å². The number of allylic oxidation sites excluding steroid dienone is 1. The maximum absolute atomic E-state index is 14.0. The molecule has 1 aromatic carbocycles. The molecule has 0 radical (unpaired) electrons. The zero-order valence-electron chi connectivity index (χ0n) is 12.5. The summed E-state index contributed by atoms with van der Waals surface area (Å²) in [6.45, 7) is -3.19. The van der Waals surface area contributed by atoms with Crippen molar-refractivity contribution in [2.75, 3.05) is 4.90 Å². The summed E-state index contributed by atoms with van der Waals surface area (Å²) in [5.41, 5.74) is 0.662. The molecule has 0 saturated heterocycles. The van der Waals surface area contributed by atoms with Gasteiger partial charge in [0, 0.05) is 23.4 Å². The molecule has 0 amide bonds. The van der Waals surface area contributed by atoms with E-state index < -0.39 is 31.2 Å². The third kappa shape index (κ3) is 2.83. The van der Waals surface area contributed by atoms with E-state index in [1.807, 2.05) is 6.07 Å². The molecule has 1 aliphatic heterocycles. The minimum Gasteiger partial charge on any atom is -0.432 e. The molecule has 5 nitrogen and oxygen atoms in total. The van der Waals surface area contributed by atoms with E-state index in [2.05, 4.69) is 4.74 Å². The second kappa shape index (κ2) is 6.38. The first-order chi connectivity index (χ1) is 11.4. The van der Waals surface area contributed by atoms with E-state index in [0.717, 1.165) is 31.4 Å². The minimum absolute atomic E-state index is 0.0682. The third-order valence-electron chi connectivity index (χ3n) is 4.35. The topological polar surface area (TPSA) is 76.7 Å². The molecule has 126 valence electrons. The van der Waals surface area contributed by atoms with E-state index in [0.29, 0.717) is 0 Å². The lowest BCUT2D eigenvalue weighted by Crippen LogP contribution is -2.46. The summed E-state index contributed by atoms with van der Waals surface area (Å²) in [7, 11) is -1.83. The summed E-state index contributed by atoms with van der Waals surface area (Å²) < 4.78 is 43.1. The molecule has 0 bridgehead atoms. The number of hydrogen-bond acceptors (Lipinski definition) is 5. The highest BCUT2D eigenvalue weighted by Crippen LogP contribution is 2.44. The van der Waals surface area contributed by atoms with Gasteiger partial charge in [-0.3, -0.25) is 0 Å². The number of hydrogen-bond donors (Lipinski definition) is 2. The van der Waals surface area contributed by atoms with Crippen LogP contribution in [0, 0.1) is 17.1 Å². The molecule has 1 atom stereocenters. The first-order valence-electron chi connectivity index (χ1n) is 7.47. The smallest absolute Gasteiger partial charge is 0.432 e. The number of rotatable bonds is 4. The number of alkyl halides is 2. The third-order valence-corrected chi connectivity index (χ3v) is 4.35. The zero-order valence-corrected chi connectivity index (χ0v) is 12.5. The Kier molecular flexibility index (Phi) is 4.43. The van der Waals surface area contributed by atoms with Crippen LogP contribution in [-0.2, 0) is 0 Å². The Bertz CT molecular complexity index is 717. The minimum atomic E-state index is -3.19. The molecule has 3 rings (SSSR count). The largest absolute Gasteiger partial charge is 0.505 e. The predicted molar refractivity (Wildman–Crippen MR) is 79.8 cm³/mol. The fourth-order valence-corrected chi connectivity index (χ4v) is 3.05. The second-order valence-corrected chi connectivity index (χ2v) is 5.75. The van der Waals surface area contributed by atoms with Gasteiger partial charge in [0.25, 0.3) is 0 Å². The lowest BCUT2D eigenvalue weighted by molar-refractivity contribution is -0.0521. The Morgan fingerprint density at radius 1 is 1.33 bits per heavy atom. The van der Waals surface area contributed by atoms with Gasteiger partial charge < -0.3 is 19.7 Å². The van der Waals surface area contributed by atoms with Gasteiger partial charge in [-0.25, -0.2) is 4.39 Å². The second-order valence-electron chi connectivity index (χ2n) is 5.75. The van der Waals surface area contributed by atoms with Crippen molar-refractivity contribution in [3.05, 3.63) is 35.2 Å². The fourth-order valence-electron chi connectivity index (χ4n) is 3.05. The van der Waals surface area contributed by atoms with Crippen LogP contribution in [0.1, 0.15) is 30.7 Å². The lowest BCUT2D eigenvalue weighted by Gasteiger charge is -2.44. The molecule has 1 aromatic rings. The Labute approximate surface area is 136 Å². The number of fused-ring (bicyclic) bond motifs is 1. The molecule has 1 fully saturated rings. The van der Waals surface area contributed by atoms with E-state index in [4.69, 9.17) is 0 Å². The molecule has 0 spiro atoms. The van der Waals surface area contributed by atoms with Crippen LogP contribution >= 0.6 is 0 Å². The van der Waals surface area contributed by atoms with Gasteiger partial charge in [0.1, 0.15) is 0 Å². The van der Waals surface area contributed by atoms with Crippen molar-refractivity contribution in [2.24, 2.45) is 0 Å². The van der Waals surface area contributed by atoms with Crippen LogP contribution in [-0.4, -0.2) is 29.8 Å². The van der Waals surface area contributed by atoms with Crippen molar-refractivity contribution in [1.82, 2.24) is 0 Å². The molecular formula is C15H14BF3N2O3. The van der Waals surface area contributed by atoms with Crippen molar-refractivity contribution in [3.8, 4) is 11.8 Å². The quantitative estimate of drug-likeness (QED) is 0.824. The van der Waals surface area contributed by atoms with Crippen LogP contribution in [0.15, 0.2) is 23.8 Å². The van der Waals surface area contributed by atoms with Crippen molar-refractivity contribution in [2.45, 2.75) is 37.8 Å². The monoisotopic (exact) mass is 338 g/mol. The molecular weight excluding hydrogens is 324 g/mol. The van der Waals surface area contributed by atoms with Crippen molar-refractivity contribution < 1.29 is 28.0 Å². The lowest BCUT2D eigenvalue weighted by atomic mass is 9.75. The van der Waals surface area contributed by atoms with E-state index in [9.17, 15) is 28.5 Å². The molecule has 2 N–H and O–H groups in total. The number of ether oxygens (including phenoxy) is 1. The Hall–Kier alpha value is -2.18. The molecule has 0 aromatic heterocycles. The SMILES string of the molecule is N#CC1C=C(B(O)O)N(C2CCC2)c2cc(OC(F)F)c(F)cc21. The van der Waals surface area contributed by atoms with Gasteiger partial charge in [0.15, 0.2) is 11.6 Å². The summed E-state index contributed by atoms with van der Waals surface area (Å²) >= 11 is 0. The average molecular weight is 338 g/mol. The molecule has 1 saturated carbocycles. The molecule has 9 heteroatoms. The van der Waals surface area contributed by atoms with Gasteiger partial charge in [0.2, 0.25) is 0 Å².